The van der Waals surface area contributed by atoms with E-state index in [0.717, 1.165) is 38.3 Å². The molecule has 0 fully saturated rings. The number of imidazole rings is 1. The summed E-state index contributed by atoms with van der Waals surface area (Å²) >= 11 is 0. The Hall–Kier alpha value is -8.26. The first-order chi connectivity index (χ1) is 32.2. The lowest BCUT2D eigenvalue weighted by Gasteiger charge is -2.27. The molecular weight excluding hydrogens is 863 g/mol. The predicted octanol–water partition coefficient (Wildman–Crippen LogP) is 1.84. The second-order valence-corrected chi connectivity index (χ2v) is 16.3. The van der Waals surface area contributed by atoms with Crippen LogP contribution < -0.4 is 32.3 Å². The van der Waals surface area contributed by atoms with Crippen LogP contribution in [0.4, 0.5) is 0 Å². The molecule has 0 aliphatic heterocycles. The van der Waals surface area contributed by atoms with Crippen molar-refractivity contribution < 1.29 is 43.8 Å². The highest BCUT2D eigenvalue weighted by atomic mass is 16.4. The average Bonchev–Trinajstić information content (AvgIpc) is 4.15. The predicted molar refractivity (Wildman–Crippen MR) is 246 cm³/mol. The normalized spacial score (nSPS) is 14.1. The highest BCUT2D eigenvalue weighted by Crippen LogP contribution is 2.22. The fourth-order valence-corrected chi connectivity index (χ4v) is 7.92. The first kappa shape index (κ1) is 46.7. The number of carboxylic acids is 2. The van der Waals surface area contributed by atoms with Crippen LogP contribution in [0, 0.1) is 0 Å². The lowest BCUT2D eigenvalue weighted by Crippen LogP contribution is -2.60. The first-order valence-electron chi connectivity index (χ1n) is 21.6. The van der Waals surface area contributed by atoms with E-state index in [1.54, 1.807) is 30.7 Å². The highest BCUT2D eigenvalue weighted by Gasteiger charge is 2.34. The van der Waals surface area contributed by atoms with E-state index in [0.29, 0.717) is 16.8 Å². The Labute approximate surface area is 382 Å². The molecule has 0 radical (unpaired) electrons. The van der Waals surface area contributed by atoms with Gasteiger partial charge in [-0.3, -0.25) is 33.6 Å². The molecule has 67 heavy (non-hydrogen) atoms. The fraction of sp³-hybridized carbons (Fsp3) is 0.277. The molecule has 4 heterocycles. The van der Waals surface area contributed by atoms with Gasteiger partial charge in [0.15, 0.2) is 0 Å². The maximum Gasteiger partial charge on any atom is 0.325 e. The summed E-state index contributed by atoms with van der Waals surface area (Å²) in [5.74, 6) is -6.70. The monoisotopic (exact) mass is 913 g/mol. The van der Waals surface area contributed by atoms with E-state index in [2.05, 4.69) is 51.5 Å². The van der Waals surface area contributed by atoms with Gasteiger partial charge in [0.25, 0.3) is 0 Å². The van der Waals surface area contributed by atoms with Gasteiger partial charge in [-0.05, 0) is 54.7 Å². The minimum absolute atomic E-state index is 0.0240. The number of amides is 5. The second kappa shape index (κ2) is 21.2. The van der Waals surface area contributed by atoms with Crippen LogP contribution in [0.1, 0.15) is 42.1 Å². The van der Waals surface area contributed by atoms with Crippen LogP contribution in [0.2, 0.25) is 0 Å². The van der Waals surface area contributed by atoms with E-state index in [-0.39, 0.29) is 25.7 Å². The van der Waals surface area contributed by atoms with Crippen LogP contribution in [-0.4, -0.2) is 113 Å². The van der Waals surface area contributed by atoms with Gasteiger partial charge in [-0.1, -0.05) is 54.6 Å². The summed E-state index contributed by atoms with van der Waals surface area (Å²) in [6.45, 7) is 1.25. The third-order valence-corrected chi connectivity index (χ3v) is 11.5. The molecule has 0 aliphatic rings. The fourth-order valence-electron chi connectivity index (χ4n) is 7.92. The first-order valence-corrected chi connectivity index (χ1v) is 21.6. The zero-order chi connectivity index (χ0) is 47.6. The number of H-pyrrole nitrogens is 4. The van der Waals surface area contributed by atoms with Crippen molar-refractivity contribution in [2.24, 2.45) is 5.73 Å². The van der Waals surface area contributed by atoms with Crippen molar-refractivity contribution in [1.29, 1.82) is 0 Å². The molecule has 4 aromatic heterocycles. The van der Waals surface area contributed by atoms with E-state index in [9.17, 15) is 43.8 Å². The van der Waals surface area contributed by atoms with Crippen LogP contribution in [0.15, 0.2) is 104 Å². The van der Waals surface area contributed by atoms with Gasteiger partial charge >= 0.3 is 11.9 Å². The molecule has 5 amide bonds. The molecule has 20 heteroatoms. The second-order valence-electron chi connectivity index (χ2n) is 16.3. The zero-order valence-corrected chi connectivity index (χ0v) is 36.3. The molecule has 0 spiro atoms. The molecule has 7 rings (SSSR count). The number of fused-ring (bicyclic) bond motifs is 3. The Balaban J connectivity index is 1.13. The van der Waals surface area contributed by atoms with Gasteiger partial charge < -0.3 is 62.5 Å². The minimum atomic E-state index is -1.57. The minimum Gasteiger partial charge on any atom is -0.481 e. The summed E-state index contributed by atoms with van der Waals surface area (Å²) in [5.41, 5.74) is 11.4. The van der Waals surface area contributed by atoms with Crippen molar-refractivity contribution >= 4 is 74.2 Å². The van der Waals surface area contributed by atoms with Gasteiger partial charge in [-0.2, -0.15) is 0 Å². The number of carbonyl (C=O) groups is 7. The third-order valence-electron chi connectivity index (χ3n) is 11.5. The summed E-state index contributed by atoms with van der Waals surface area (Å²) in [6.07, 6.45) is 6.76. The SMILES string of the molecule is CC(NC(=O)C(Cc1c[nH]c2ccccc12)NC(=O)C(CCC(=O)O)NC(=O)C(Cc1cnc[nH]1)NC(=O)C(Cc1c[nH]c2ccccc12)NC(=O)C(N)Cc1c[nH]c2ccccc12)C(=O)O. The molecule has 0 bridgehead atoms. The number of aromatic amines is 4. The lowest BCUT2D eigenvalue weighted by molar-refractivity contribution is -0.141. The number of nitrogens with two attached hydrogens (primary N) is 1. The maximum absolute atomic E-state index is 14.5. The molecule has 20 nitrogen and oxygen atoms in total. The third kappa shape index (κ3) is 11.7. The summed E-state index contributed by atoms with van der Waals surface area (Å²) in [6, 6.07) is 14.1. The van der Waals surface area contributed by atoms with E-state index >= 15 is 0 Å². The summed E-state index contributed by atoms with van der Waals surface area (Å²) in [7, 11) is 0. The highest BCUT2D eigenvalue weighted by molar-refractivity contribution is 5.97. The molecule has 6 atom stereocenters. The summed E-state index contributed by atoms with van der Waals surface area (Å²) in [4.78, 5) is 110. The Morgan fingerprint density at radius 1 is 0.552 bits per heavy atom. The van der Waals surface area contributed by atoms with E-state index in [1.807, 2.05) is 60.7 Å². The molecule has 3 aromatic carbocycles. The number of hydrogen-bond acceptors (Lipinski definition) is 9. The number of nitrogens with one attached hydrogen (secondary N) is 9. The molecule has 7 aromatic rings. The van der Waals surface area contributed by atoms with Crippen molar-refractivity contribution in [3.05, 3.63) is 126 Å². The number of aliphatic carboxylic acids is 2. The lowest BCUT2D eigenvalue weighted by atomic mass is 10.0. The molecule has 13 N–H and O–H groups in total. The standard InChI is InChI=1S/C47H51N11O9/c1-25(47(66)67)54-44(63)38(17-27-21-51-35-12-6-3-9-31(27)35)57-43(62)37(14-15-41(59)60)55-46(65)40(19-29-23-49-24-53-29)58-45(64)39(18-28-22-52-36-13-7-4-10-32(28)36)56-42(61)33(48)16-26-20-50-34-11-5-2-8-30(26)34/h2-13,20-25,33,37-40,50-52H,14-19,48H2,1H3,(H,49,53)(H,54,63)(H,55,65)(H,56,61)(H,57,62)(H,58,64)(H,59,60)(H,66,67). The van der Waals surface area contributed by atoms with Crippen LogP contribution in [0.5, 0.6) is 0 Å². The van der Waals surface area contributed by atoms with Crippen LogP contribution >= 0.6 is 0 Å². The number of para-hydroxylation sites is 3. The van der Waals surface area contributed by atoms with Gasteiger partial charge in [0.2, 0.25) is 29.5 Å². The summed E-state index contributed by atoms with van der Waals surface area (Å²) < 4.78 is 0. The molecular formula is C47H51N11O9. The molecule has 6 unspecified atom stereocenters. The van der Waals surface area contributed by atoms with Crippen molar-refractivity contribution in [1.82, 2.24) is 51.5 Å². The quantitative estimate of drug-likeness (QED) is 0.0466. The largest absolute Gasteiger partial charge is 0.481 e. The van der Waals surface area contributed by atoms with Crippen LogP contribution in [0.25, 0.3) is 32.7 Å². The topological polar surface area (TPSA) is 322 Å². The Morgan fingerprint density at radius 3 is 1.43 bits per heavy atom. The van der Waals surface area contributed by atoms with Crippen LogP contribution in [0.3, 0.4) is 0 Å². The van der Waals surface area contributed by atoms with Gasteiger partial charge in [-0.25, -0.2) is 4.98 Å². The molecule has 348 valence electrons. The average molecular weight is 914 g/mol. The number of hydrogen-bond donors (Lipinski definition) is 12. The summed E-state index contributed by atoms with van der Waals surface area (Å²) in [5, 5.41) is 34.7. The van der Waals surface area contributed by atoms with Gasteiger partial charge in [0.05, 0.1) is 12.4 Å². The number of benzene rings is 3. The Morgan fingerprint density at radius 2 is 0.970 bits per heavy atom. The smallest absolute Gasteiger partial charge is 0.325 e. The maximum atomic E-state index is 14.5. The molecule has 0 aliphatic carbocycles. The van der Waals surface area contributed by atoms with Crippen molar-refractivity contribution in [3.63, 3.8) is 0 Å². The van der Waals surface area contributed by atoms with Gasteiger partial charge in [0.1, 0.15) is 30.2 Å². The molecule has 0 saturated heterocycles. The Kier molecular flexibility index (Phi) is 14.8. The van der Waals surface area contributed by atoms with Crippen molar-refractivity contribution in [3.8, 4) is 0 Å². The van der Waals surface area contributed by atoms with Gasteiger partial charge in [-0.15, -0.1) is 0 Å². The van der Waals surface area contributed by atoms with E-state index < -0.39 is 90.6 Å². The Bertz CT molecular complexity index is 2900. The van der Waals surface area contributed by atoms with Crippen molar-refractivity contribution in [2.75, 3.05) is 0 Å². The number of carbonyl (C=O) groups excluding carboxylic acids is 5. The molecule has 0 saturated carbocycles. The zero-order valence-electron chi connectivity index (χ0n) is 36.3. The van der Waals surface area contributed by atoms with E-state index in [1.165, 1.54) is 19.4 Å². The van der Waals surface area contributed by atoms with E-state index in [4.69, 9.17) is 5.73 Å². The van der Waals surface area contributed by atoms with Crippen LogP contribution in [-0.2, 0) is 59.2 Å². The number of carboxylic acid groups (broad SMARTS) is 2. The van der Waals surface area contributed by atoms with Gasteiger partial charge in [0, 0.05) is 88.9 Å². The number of nitrogens with zero attached hydrogens (tertiary/aromatic N) is 1. The number of aromatic nitrogens is 5. The van der Waals surface area contributed by atoms with Crippen molar-refractivity contribution in [2.45, 2.75) is 81.7 Å². The number of rotatable bonds is 22.